The number of ketones is 1. The molecule has 0 spiro atoms. The fourth-order valence-electron chi connectivity index (χ4n) is 1.97. The van der Waals surface area contributed by atoms with Crippen molar-refractivity contribution >= 4 is 27.3 Å². The minimum atomic E-state index is -0.647. The van der Waals surface area contributed by atoms with Gasteiger partial charge in [0, 0.05) is 11.8 Å². The molecule has 0 unspecified atom stereocenters. The van der Waals surface area contributed by atoms with E-state index in [-0.39, 0.29) is 11.3 Å². The van der Waals surface area contributed by atoms with E-state index in [9.17, 15) is 9.18 Å². The Labute approximate surface area is 118 Å². The number of aromatic nitrogens is 1. The highest BCUT2D eigenvalue weighted by Gasteiger charge is 2.17. The van der Waals surface area contributed by atoms with Gasteiger partial charge in [0.2, 0.25) is 0 Å². The third-order valence-electron chi connectivity index (χ3n) is 2.99. The van der Waals surface area contributed by atoms with E-state index in [0.29, 0.717) is 5.56 Å². The molecule has 0 amide bonds. The van der Waals surface area contributed by atoms with Crippen molar-refractivity contribution in [2.45, 2.75) is 0 Å². The number of halogens is 1. The number of carbonyl (C=O) groups excluding carboxylic acids is 1. The van der Waals surface area contributed by atoms with Gasteiger partial charge in [0.15, 0.2) is 17.3 Å². The van der Waals surface area contributed by atoms with Crippen LogP contribution in [0.5, 0.6) is 5.75 Å². The van der Waals surface area contributed by atoms with E-state index in [1.54, 1.807) is 12.1 Å². The Morgan fingerprint density at radius 2 is 2.20 bits per heavy atom. The van der Waals surface area contributed by atoms with Crippen LogP contribution in [0.25, 0.3) is 10.2 Å². The summed E-state index contributed by atoms with van der Waals surface area (Å²) in [5.74, 6) is -0.989. The summed E-state index contributed by atoms with van der Waals surface area (Å²) >= 11 is 1.49. The first-order valence-electron chi connectivity index (χ1n) is 5.91. The third-order valence-corrected chi connectivity index (χ3v) is 3.85. The maximum Gasteiger partial charge on any atom is 0.197 e. The number of rotatable bonds is 3. The van der Waals surface area contributed by atoms with Gasteiger partial charge in [0.25, 0.3) is 0 Å². The molecule has 0 aliphatic rings. The minimum absolute atomic E-state index is 0.0120. The lowest BCUT2D eigenvalue weighted by Gasteiger charge is -2.06. The summed E-state index contributed by atoms with van der Waals surface area (Å²) in [7, 11) is 1.37. The van der Waals surface area contributed by atoms with Gasteiger partial charge in [-0.15, -0.1) is 11.3 Å². The molecule has 3 rings (SSSR count). The molecule has 0 N–H and O–H groups in total. The molecule has 0 atom stereocenters. The van der Waals surface area contributed by atoms with Gasteiger partial charge in [-0.3, -0.25) is 9.78 Å². The van der Waals surface area contributed by atoms with E-state index in [4.69, 9.17) is 4.74 Å². The first-order valence-corrected chi connectivity index (χ1v) is 6.79. The Kier molecular flexibility index (Phi) is 3.20. The zero-order valence-electron chi connectivity index (χ0n) is 10.6. The van der Waals surface area contributed by atoms with Gasteiger partial charge < -0.3 is 4.74 Å². The summed E-state index contributed by atoms with van der Waals surface area (Å²) in [5.41, 5.74) is 1.19. The van der Waals surface area contributed by atoms with Crippen LogP contribution in [0.3, 0.4) is 0 Å². The summed E-state index contributed by atoms with van der Waals surface area (Å²) in [5, 5.41) is 1.90. The van der Waals surface area contributed by atoms with Gasteiger partial charge in [-0.05, 0) is 29.6 Å². The van der Waals surface area contributed by atoms with Crippen molar-refractivity contribution < 1.29 is 13.9 Å². The quantitative estimate of drug-likeness (QED) is 0.690. The Morgan fingerprint density at radius 1 is 1.35 bits per heavy atom. The zero-order chi connectivity index (χ0) is 14.1. The van der Waals surface area contributed by atoms with Gasteiger partial charge in [-0.2, -0.15) is 0 Å². The van der Waals surface area contributed by atoms with Crippen LogP contribution in [-0.4, -0.2) is 17.9 Å². The second-order valence-corrected chi connectivity index (χ2v) is 5.13. The molecule has 0 saturated heterocycles. The number of fused-ring (bicyclic) bond motifs is 1. The number of benzene rings is 1. The Hall–Kier alpha value is -2.27. The molecule has 5 heteroatoms. The normalized spacial score (nSPS) is 10.7. The molecule has 3 nitrogen and oxygen atoms in total. The number of methoxy groups -OCH3 is 1. The van der Waals surface area contributed by atoms with Gasteiger partial charge in [0.05, 0.1) is 22.9 Å². The van der Waals surface area contributed by atoms with Crippen molar-refractivity contribution in [3.63, 3.8) is 0 Å². The first kappa shape index (κ1) is 12.7. The summed E-state index contributed by atoms with van der Waals surface area (Å²) in [4.78, 5) is 16.6. The summed E-state index contributed by atoms with van der Waals surface area (Å²) < 4.78 is 19.9. The average Bonchev–Trinajstić information content (AvgIpc) is 2.94. The highest BCUT2D eigenvalue weighted by atomic mass is 32.1. The molecule has 0 bridgehead atoms. The summed E-state index contributed by atoms with van der Waals surface area (Å²) in [6, 6.07) is 8.12. The van der Waals surface area contributed by atoms with Crippen LogP contribution in [0, 0.1) is 5.82 Å². The lowest BCUT2D eigenvalue weighted by molar-refractivity contribution is 0.103. The molecular formula is C15H10FNO2S. The second kappa shape index (κ2) is 5.02. The molecule has 0 saturated carbocycles. The standard InChI is InChI=1S/C15H10FNO2S/c1-19-12-4-2-3-10(14(12)16)15(18)9-7-13-11(17-8-9)5-6-20-13/h2-8H,1H3. The predicted octanol–water partition coefficient (Wildman–Crippen LogP) is 3.68. The number of carbonyl (C=O) groups is 1. The lowest BCUT2D eigenvalue weighted by Crippen LogP contribution is -2.05. The molecule has 0 radical (unpaired) electrons. The number of thiophene rings is 1. The van der Waals surface area contributed by atoms with E-state index < -0.39 is 11.6 Å². The van der Waals surface area contributed by atoms with Crippen molar-refractivity contribution in [3.8, 4) is 5.75 Å². The summed E-state index contributed by atoms with van der Waals surface area (Å²) in [6.45, 7) is 0. The Balaban J connectivity index is 2.07. The largest absolute Gasteiger partial charge is 0.494 e. The van der Waals surface area contributed by atoms with Gasteiger partial charge >= 0.3 is 0 Å². The van der Waals surface area contributed by atoms with Crippen LogP contribution in [0.2, 0.25) is 0 Å². The van der Waals surface area contributed by atoms with Crippen molar-refractivity contribution in [2.24, 2.45) is 0 Å². The van der Waals surface area contributed by atoms with Gasteiger partial charge in [-0.25, -0.2) is 4.39 Å². The minimum Gasteiger partial charge on any atom is -0.494 e. The van der Waals surface area contributed by atoms with E-state index in [2.05, 4.69) is 4.98 Å². The second-order valence-electron chi connectivity index (χ2n) is 4.18. The van der Waals surface area contributed by atoms with E-state index in [1.807, 2.05) is 11.4 Å². The lowest BCUT2D eigenvalue weighted by atomic mass is 10.0. The number of nitrogens with zero attached hydrogens (tertiary/aromatic N) is 1. The smallest absolute Gasteiger partial charge is 0.197 e. The van der Waals surface area contributed by atoms with Crippen LogP contribution >= 0.6 is 11.3 Å². The van der Waals surface area contributed by atoms with E-state index >= 15 is 0 Å². The van der Waals surface area contributed by atoms with E-state index in [0.717, 1.165) is 10.2 Å². The van der Waals surface area contributed by atoms with Crippen molar-refractivity contribution in [1.29, 1.82) is 0 Å². The SMILES string of the molecule is COc1cccc(C(=O)c2cnc3ccsc3c2)c1F. The molecule has 0 aliphatic heterocycles. The van der Waals surface area contributed by atoms with Crippen molar-refractivity contribution in [3.05, 3.63) is 58.9 Å². The highest BCUT2D eigenvalue weighted by Crippen LogP contribution is 2.24. The average molecular weight is 287 g/mol. The zero-order valence-corrected chi connectivity index (χ0v) is 11.4. The molecule has 3 aromatic rings. The fraction of sp³-hybridized carbons (Fsp3) is 0.0667. The highest BCUT2D eigenvalue weighted by molar-refractivity contribution is 7.17. The number of pyridine rings is 1. The maximum absolute atomic E-state index is 14.1. The van der Waals surface area contributed by atoms with Crippen LogP contribution in [-0.2, 0) is 0 Å². The monoisotopic (exact) mass is 287 g/mol. The Morgan fingerprint density at radius 3 is 3.00 bits per heavy atom. The number of ether oxygens (including phenoxy) is 1. The number of hydrogen-bond acceptors (Lipinski definition) is 4. The summed E-state index contributed by atoms with van der Waals surface area (Å²) in [6.07, 6.45) is 1.47. The van der Waals surface area contributed by atoms with Crippen LogP contribution < -0.4 is 4.74 Å². The van der Waals surface area contributed by atoms with Crippen molar-refractivity contribution in [1.82, 2.24) is 4.98 Å². The van der Waals surface area contributed by atoms with Crippen LogP contribution in [0.4, 0.5) is 4.39 Å². The fourth-order valence-corrected chi connectivity index (χ4v) is 2.75. The molecule has 1 aromatic carbocycles. The molecule has 20 heavy (non-hydrogen) atoms. The molecule has 0 aliphatic carbocycles. The van der Waals surface area contributed by atoms with Crippen LogP contribution in [0.1, 0.15) is 15.9 Å². The molecule has 0 fully saturated rings. The Bertz CT molecular complexity index is 797. The van der Waals surface area contributed by atoms with Gasteiger partial charge in [0.1, 0.15) is 0 Å². The molecular weight excluding hydrogens is 277 g/mol. The molecule has 2 heterocycles. The molecule has 100 valence electrons. The van der Waals surface area contributed by atoms with Gasteiger partial charge in [-0.1, -0.05) is 6.07 Å². The molecule has 2 aromatic heterocycles. The maximum atomic E-state index is 14.1. The predicted molar refractivity (Wildman–Crippen MR) is 76.0 cm³/mol. The topological polar surface area (TPSA) is 39.2 Å². The van der Waals surface area contributed by atoms with Crippen LogP contribution in [0.15, 0.2) is 41.9 Å². The third kappa shape index (κ3) is 2.06. The van der Waals surface area contributed by atoms with Crippen molar-refractivity contribution in [2.75, 3.05) is 7.11 Å². The first-order chi connectivity index (χ1) is 9.70. The van der Waals surface area contributed by atoms with E-state index in [1.165, 1.54) is 36.8 Å². The number of hydrogen-bond donors (Lipinski definition) is 0.